The Hall–Kier alpha value is -7.42. The van der Waals surface area contributed by atoms with Crippen molar-refractivity contribution in [1.82, 2.24) is 0 Å². The van der Waals surface area contributed by atoms with E-state index in [1.807, 2.05) is 0 Å². The van der Waals surface area contributed by atoms with E-state index in [2.05, 4.69) is 240 Å². The molecule has 0 N–H and O–H groups in total. The van der Waals surface area contributed by atoms with Crippen molar-refractivity contribution in [3.05, 3.63) is 230 Å². The first-order valence-corrected chi connectivity index (χ1v) is 19.2. The van der Waals surface area contributed by atoms with Gasteiger partial charge in [-0.05, 0) is 81.2 Å². The van der Waals surface area contributed by atoms with Crippen LogP contribution in [0.5, 0.6) is 0 Å². The van der Waals surface area contributed by atoms with Crippen molar-refractivity contribution in [2.75, 3.05) is 9.80 Å². The van der Waals surface area contributed by atoms with Crippen LogP contribution in [0.3, 0.4) is 0 Å². The molecule has 0 bridgehead atoms. The summed E-state index contributed by atoms with van der Waals surface area (Å²) in [5.41, 5.74) is 9.13. The van der Waals surface area contributed by atoms with Crippen molar-refractivity contribution in [2.45, 2.75) is 0 Å². The molecule has 10 aromatic rings. The fourth-order valence-corrected chi connectivity index (χ4v) is 8.09. The third-order valence-corrected chi connectivity index (χ3v) is 10.8. The summed E-state index contributed by atoms with van der Waals surface area (Å²) in [6, 6.07) is 78.6. The molecule has 0 unspecified atom stereocenters. The van der Waals surface area contributed by atoms with Crippen molar-refractivity contribution in [1.29, 1.82) is 0 Å². The molecule has 2 nitrogen and oxygen atoms in total. The van der Waals surface area contributed by atoms with E-state index in [0.29, 0.717) is 0 Å². The van der Waals surface area contributed by atoms with Gasteiger partial charge in [0.2, 0.25) is 0 Å². The van der Waals surface area contributed by atoms with Gasteiger partial charge in [0.1, 0.15) is 0 Å². The van der Waals surface area contributed by atoms with E-state index in [-0.39, 0.29) is 0 Å². The topological polar surface area (TPSA) is 6.48 Å². The monoisotopic (exact) mass is 714 g/mol. The number of anilines is 6. The van der Waals surface area contributed by atoms with Gasteiger partial charge in [-0.3, -0.25) is 0 Å². The van der Waals surface area contributed by atoms with Crippen LogP contribution in [0.4, 0.5) is 34.1 Å². The van der Waals surface area contributed by atoms with E-state index in [1.54, 1.807) is 0 Å². The highest BCUT2D eigenvalue weighted by Crippen LogP contribution is 2.43. The van der Waals surface area contributed by atoms with Crippen molar-refractivity contribution in [3.63, 3.8) is 0 Å². The Morgan fingerprint density at radius 1 is 0.232 bits per heavy atom. The number of nitrogens with zero attached hydrogens (tertiary/aromatic N) is 2. The second kappa shape index (κ2) is 14.4. The Balaban J connectivity index is 0.993. The molecule has 0 heterocycles. The van der Waals surface area contributed by atoms with Gasteiger partial charge in [-0.15, -0.1) is 0 Å². The molecule has 2 heteroatoms. The highest BCUT2D eigenvalue weighted by atomic mass is 15.2. The second-order valence-corrected chi connectivity index (χ2v) is 14.2. The molecule has 10 rings (SSSR count). The van der Waals surface area contributed by atoms with Gasteiger partial charge in [-0.2, -0.15) is 0 Å². The van der Waals surface area contributed by atoms with Gasteiger partial charge < -0.3 is 9.80 Å². The second-order valence-electron chi connectivity index (χ2n) is 14.2. The van der Waals surface area contributed by atoms with Gasteiger partial charge in [0.15, 0.2) is 0 Å². The largest absolute Gasteiger partial charge is 0.309 e. The van der Waals surface area contributed by atoms with Crippen molar-refractivity contribution in [3.8, 4) is 0 Å². The zero-order valence-electron chi connectivity index (χ0n) is 30.8. The predicted octanol–water partition coefficient (Wildman–Crippen LogP) is 15.4. The summed E-state index contributed by atoms with van der Waals surface area (Å²) in [7, 11) is 0. The van der Waals surface area contributed by atoms with Gasteiger partial charge >= 0.3 is 0 Å². The van der Waals surface area contributed by atoms with Gasteiger partial charge in [0, 0.05) is 32.9 Å². The third kappa shape index (κ3) is 6.14. The lowest BCUT2D eigenvalue weighted by Gasteiger charge is -2.28. The van der Waals surface area contributed by atoms with Crippen molar-refractivity contribution < 1.29 is 0 Å². The Labute approximate surface area is 327 Å². The van der Waals surface area contributed by atoms with Gasteiger partial charge in [-0.25, -0.2) is 0 Å². The summed E-state index contributed by atoms with van der Waals surface area (Å²) in [6.45, 7) is 0. The fraction of sp³-hybridized carbons (Fsp3) is 0. The predicted molar refractivity (Wildman–Crippen MR) is 241 cm³/mol. The van der Waals surface area contributed by atoms with Gasteiger partial charge in [0.05, 0.1) is 22.7 Å². The third-order valence-electron chi connectivity index (χ3n) is 10.8. The smallest absolute Gasteiger partial charge is 0.0540 e. The maximum atomic E-state index is 2.40. The summed E-state index contributed by atoms with van der Waals surface area (Å²) in [6.07, 6.45) is 4.40. The number of hydrogen-bond acceptors (Lipinski definition) is 2. The molecule has 0 aliphatic heterocycles. The summed E-state index contributed by atoms with van der Waals surface area (Å²) >= 11 is 0. The highest BCUT2D eigenvalue weighted by molar-refractivity contribution is 6.06. The molecule has 0 spiro atoms. The number of fused-ring (bicyclic) bond motifs is 4. The van der Waals surface area contributed by atoms with Crippen LogP contribution in [0.25, 0.3) is 55.2 Å². The van der Waals surface area contributed by atoms with Crippen LogP contribution >= 0.6 is 0 Å². The average Bonchev–Trinajstić information content (AvgIpc) is 3.27. The van der Waals surface area contributed by atoms with Crippen LogP contribution in [0.15, 0.2) is 218 Å². The van der Waals surface area contributed by atoms with E-state index in [4.69, 9.17) is 0 Å². The lowest BCUT2D eigenvalue weighted by Crippen LogP contribution is -2.11. The molecule has 56 heavy (non-hydrogen) atoms. The Morgan fingerprint density at radius 3 is 0.768 bits per heavy atom. The van der Waals surface area contributed by atoms with Crippen LogP contribution in [-0.4, -0.2) is 0 Å². The molecule has 0 aromatic heterocycles. The quantitative estimate of drug-likeness (QED) is 0.145. The minimum Gasteiger partial charge on any atom is -0.309 e. The molecule has 0 amide bonds. The maximum absolute atomic E-state index is 2.40. The first kappa shape index (κ1) is 33.2. The minimum atomic E-state index is 1.11. The zero-order chi connectivity index (χ0) is 37.3. The van der Waals surface area contributed by atoms with Crippen LogP contribution in [-0.2, 0) is 0 Å². The summed E-state index contributed by atoms with van der Waals surface area (Å²) in [5.74, 6) is 0. The molecular formula is C54H38N2. The molecule has 0 aliphatic carbocycles. The molecule has 0 aliphatic rings. The normalized spacial score (nSPS) is 11.5. The number of rotatable bonds is 8. The van der Waals surface area contributed by atoms with Crippen LogP contribution < -0.4 is 9.80 Å². The van der Waals surface area contributed by atoms with E-state index >= 15 is 0 Å². The first-order valence-electron chi connectivity index (χ1n) is 19.2. The Morgan fingerprint density at radius 2 is 0.482 bits per heavy atom. The van der Waals surface area contributed by atoms with Crippen LogP contribution in [0, 0.1) is 0 Å². The van der Waals surface area contributed by atoms with E-state index in [0.717, 1.165) is 45.3 Å². The van der Waals surface area contributed by atoms with E-state index < -0.39 is 0 Å². The summed E-state index contributed by atoms with van der Waals surface area (Å²) in [5, 5.41) is 9.75. The van der Waals surface area contributed by atoms with E-state index in [1.165, 1.54) is 43.1 Å². The van der Waals surface area contributed by atoms with E-state index in [9.17, 15) is 0 Å². The Bertz CT molecular complexity index is 2640. The maximum Gasteiger partial charge on any atom is 0.0540 e. The molecular weight excluding hydrogens is 677 g/mol. The number of benzene rings is 10. The van der Waals surface area contributed by atoms with Crippen molar-refractivity contribution in [2.24, 2.45) is 0 Å². The average molecular weight is 715 g/mol. The molecule has 0 saturated heterocycles. The van der Waals surface area contributed by atoms with Gasteiger partial charge in [0.25, 0.3) is 0 Å². The fourth-order valence-electron chi connectivity index (χ4n) is 8.09. The highest BCUT2D eigenvalue weighted by Gasteiger charge is 2.19. The molecule has 0 saturated carbocycles. The molecule has 0 atom stereocenters. The van der Waals surface area contributed by atoms with Crippen LogP contribution in [0.2, 0.25) is 0 Å². The zero-order valence-corrected chi connectivity index (χ0v) is 30.8. The Kier molecular flexibility index (Phi) is 8.55. The van der Waals surface area contributed by atoms with Gasteiger partial charge in [-0.1, -0.05) is 182 Å². The lowest BCUT2D eigenvalue weighted by molar-refractivity contribution is 1.31. The standard InChI is InChI=1S/C54H38N2/c1-5-21-47-41(13-1)17-9-25-51(47)55(52-26-10-18-42-14-2-6-22-48(42)52)45-35-31-39(32-36-45)29-30-40-33-37-46(38-34-40)56(53-27-11-19-43-15-3-7-23-49(43)53)54-28-12-20-44-16-4-8-24-50(44)54/h1-38H/b30-29+. The molecule has 0 fully saturated rings. The summed E-state index contributed by atoms with van der Waals surface area (Å²) in [4.78, 5) is 4.79. The first-order chi connectivity index (χ1) is 27.8. The molecule has 10 aromatic carbocycles. The molecule has 264 valence electrons. The summed E-state index contributed by atoms with van der Waals surface area (Å²) < 4.78 is 0. The molecule has 0 radical (unpaired) electrons. The van der Waals surface area contributed by atoms with Crippen molar-refractivity contribution >= 4 is 89.4 Å². The SMILES string of the molecule is C(=C\c1ccc(N(c2cccc3ccccc23)c2cccc3ccccc23)cc1)/c1ccc(N(c2cccc3ccccc23)c2cccc3ccccc23)cc1. The number of hydrogen-bond donors (Lipinski definition) is 0. The minimum absolute atomic E-state index is 1.11. The van der Waals surface area contributed by atoms with Crippen LogP contribution in [0.1, 0.15) is 11.1 Å². The lowest BCUT2D eigenvalue weighted by atomic mass is 10.0.